The number of benzene rings is 2. The highest BCUT2D eigenvalue weighted by molar-refractivity contribution is 7.92. The first-order valence-electron chi connectivity index (χ1n) is 9.10. The van der Waals surface area contributed by atoms with E-state index in [0.29, 0.717) is 16.5 Å². The molecule has 1 amide bonds. The lowest BCUT2D eigenvalue weighted by Crippen LogP contribution is -2.50. The van der Waals surface area contributed by atoms with Gasteiger partial charge in [0.1, 0.15) is 5.75 Å². The first-order valence-corrected chi connectivity index (χ1v) is 11.3. The van der Waals surface area contributed by atoms with Gasteiger partial charge in [-0.15, -0.1) is 0 Å². The van der Waals surface area contributed by atoms with Gasteiger partial charge >= 0.3 is 0 Å². The molecule has 0 unspecified atom stereocenters. The van der Waals surface area contributed by atoms with Crippen LogP contribution in [-0.2, 0) is 21.4 Å². The average molecular weight is 447 g/mol. The van der Waals surface area contributed by atoms with Crippen molar-refractivity contribution in [2.75, 3.05) is 17.1 Å². The molecule has 0 bridgehead atoms. The summed E-state index contributed by atoms with van der Waals surface area (Å²) < 4.78 is 33.2. The normalized spacial score (nSPS) is 15.9. The molecule has 3 aromatic rings. The van der Waals surface area contributed by atoms with E-state index in [0.717, 1.165) is 21.8 Å². The number of amides is 1. The van der Waals surface area contributed by atoms with Crippen LogP contribution in [0.15, 0.2) is 61.2 Å². The van der Waals surface area contributed by atoms with E-state index in [1.165, 1.54) is 6.07 Å². The zero-order valence-corrected chi connectivity index (χ0v) is 17.6. The van der Waals surface area contributed by atoms with Gasteiger partial charge in [0.2, 0.25) is 10.0 Å². The van der Waals surface area contributed by atoms with Crippen LogP contribution in [0.3, 0.4) is 0 Å². The molecule has 0 saturated carbocycles. The number of anilines is 1. The van der Waals surface area contributed by atoms with E-state index in [1.54, 1.807) is 24.7 Å². The monoisotopic (exact) mass is 446 g/mol. The lowest BCUT2D eigenvalue weighted by Gasteiger charge is -2.34. The summed E-state index contributed by atoms with van der Waals surface area (Å²) in [5.41, 5.74) is 2.18. The van der Waals surface area contributed by atoms with Gasteiger partial charge in [-0.25, -0.2) is 13.4 Å². The Labute approximate surface area is 179 Å². The largest absolute Gasteiger partial charge is 0.476 e. The molecule has 2 heterocycles. The number of carbonyl (C=O) groups excluding carboxylic acids is 1. The predicted molar refractivity (Wildman–Crippen MR) is 113 cm³/mol. The second kappa shape index (κ2) is 8.00. The second-order valence-electron chi connectivity index (χ2n) is 6.87. The number of imidazole rings is 1. The lowest BCUT2D eigenvalue weighted by atomic mass is 10.2. The van der Waals surface area contributed by atoms with Crippen LogP contribution in [0.5, 0.6) is 5.75 Å². The van der Waals surface area contributed by atoms with Crippen LogP contribution in [0, 0.1) is 0 Å². The molecule has 0 saturated heterocycles. The summed E-state index contributed by atoms with van der Waals surface area (Å²) in [4.78, 5) is 16.7. The van der Waals surface area contributed by atoms with Gasteiger partial charge in [-0.2, -0.15) is 0 Å². The SMILES string of the molecule is CS(=O)(=O)N1C[C@H](C(=O)NCc2ccc(-n3ccnc3)cc2)Oc2ccc(Cl)cc21. The predicted octanol–water partition coefficient (Wildman–Crippen LogP) is 2.37. The molecule has 0 radical (unpaired) electrons. The molecule has 0 aliphatic carbocycles. The number of nitrogens with zero attached hydrogens (tertiary/aromatic N) is 3. The molecule has 0 spiro atoms. The Morgan fingerprint density at radius 3 is 2.70 bits per heavy atom. The Morgan fingerprint density at radius 2 is 2.03 bits per heavy atom. The molecule has 1 aromatic heterocycles. The van der Waals surface area contributed by atoms with Crippen molar-refractivity contribution in [3.05, 3.63) is 71.8 Å². The van der Waals surface area contributed by atoms with E-state index >= 15 is 0 Å². The zero-order chi connectivity index (χ0) is 21.3. The number of halogens is 1. The van der Waals surface area contributed by atoms with Crippen LogP contribution in [0.1, 0.15) is 5.56 Å². The van der Waals surface area contributed by atoms with Crippen LogP contribution in [0.25, 0.3) is 5.69 Å². The third-order valence-electron chi connectivity index (χ3n) is 4.69. The number of nitrogens with one attached hydrogen (secondary N) is 1. The van der Waals surface area contributed by atoms with Crippen LogP contribution >= 0.6 is 11.6 Å². The number of sulfonamides is 1. The molecule has 1 N–H and O–H groups in total. The quantitative estimate of drug-likeness (QED) is 0.649. The number of aromatic nitrogens is 2. The maximum Gasteiger partial charge on any atom is 0.263 e. The van der Waals surface area contributed by atoms with E-state index in [-0.39, 0.29) is 13.1 Å². The van der Waals surface area contributed by atoms with Crippen LogP contribution in [-0.4, -0.2) is 42.8 Å². The van der Waals surface area contributed by atoms with Crippen LogP contribution in [0.4, 0.5) is 5.69 Å². The van der Waals surface area contributed by atoms with Crippen LogP contribution < -0.4 is 14.4 Å². The van der Waals surface area contributed by atoms with E-state index in [2.05, 4.69) is 10.3 Å². The van der Waals surface area contributed by atoms with Gasteiger partial charge in [-0.3, -0.25) is 9.10 Å². The third kappa shape index (κ3) is 4.27. The Hall–Kier alpha value is -3.04. The first kappa shape index (κ1) is 20.2. The van der Waals surface area contributed by atoms with Gasteiger partial charge < -0.3 is 14.6 Å². The fourth-order valence-electron chi connectivity index (χ4n) is 3.18. The summed E-state index contributed by atoms with van der Waals surface area (Å²) in [5, 5.41) is 3.19. The van der Waals surface area contributed by atoms with Crippen molar-refractivity contribution in [1.29, 1.82) is 0 Å². The van der Waals surface area contributed by atoms with Gasteiger partial charge in [-0.1, -0.05) is 23.7 Å². The fraction of sp³-hybridized carbons (Fsp3) is 0.200. The smallest absolute Gasteiger partial charge is 0.263 e. The van der Waals surface area contributed by atoms with E-state index in [4.69, 9.17) is 16.3 Å². The molecule has 1 atom stereocenters. The minimum atomic E-state index is -3.61. The average Bonchev–Trinajstić information content (AvgIpc) is 3.25. The van der Waals surface area contributed by atoms with E-state index in [9.17, 15) is 13.2 Å². The number of hydrogen-bond acceptors (Lipinski definition) is 5. The maximum atomic E-state index is 12.7. The number of rotatable bonds is 5. The molecule has 1 aliphatic heterocycles. The summed E-state index contributed by atoms with van der Waals surface area (Å²) >= 11 is 5.99. The molecular formula is C20H19ClN4O4S. The Bertz CT molecular complexity index is 1160. The van der Waals surface area contributed by atoms with E-state index < -0.39 is 22.0 Å². The molecular weight excluding hydrogens is 428 g/mol. The summed E-state index contributed by atoms with van der Waals surface area (Å²) in [6, 6.07) is 12.3. The molecule has 1 aliphatic rings. The molecule has 8 nitrogen and oxygen atoms in total. The third-order valence-corrected chi connectivity index (χ3v) is 6.07. The van der Waals surface area contributed by atoms with Gasteiger partial charge in [0, 0.05) is 29.6 Å². The molecule has 156 valence electrons. The van der Waals surface area contributed by atoms with Crippen molar-refractivity contribution >= 4 is 33.2 Å². The highest BCUT2D eigenvalue weighted by atomic mass is 35.5. The van der Waals surface area contributed by atoms with Crippen molar-refractivity contribution in [3.63, 3.8) is 0 Å². The highest BCUT2D eigenvalue weighted by Crippen LogP contribution is 2.37. The lowest BCUT2D eigenvalue weighted by molar-refractivity contribution is -0.127. The highest BCUT2D eigenvalue weighted by Gasteiger charge is 2.35. The summed E-state index contributed by atoms with van der Waals surface area (Å²) in [5.74, 6) is -0.108. The van der Waals surface area contributed by atoms with Crippen LogP contribution in [0.2, 0.25) is 5.02 Å². The number of carbonyl (C=O) groups is 1. The second-order valence-corrected chi connectivity index (χ2v) is 9.21. The van der Waals surface area contributed by atoms with Crippen molar-refractivity contribution in [3.8, 4) is 11.4 Å². The molecule has 2 aromatic carbocycles. The van der Waals surface area contributed by atoms with Crippen molar-refractivity contribution in [2.24, 2.45) is 0 Å². The molecule has 30 heavy (non-hydrogen) atoms. The minimum Gasteiger partial charge on any atom is -0.476 e. The summed E-state index contributed by atoms with van der Waals surface area (Å²) in [7, 11) is -3.61. The molecule has 0 fully saturated rings. The Morgan fingerprint density at radius 1 is 1.27 bits per heavy atom. The van der Waals surface area contributed by atoms with Crippen molar-refractivity contribution < 1.29 is 17.9 Å². The van der Waals surface area contributed by atoms with Gasteiger partial charge in [0.05, 0.1) is 24.8 Å². The van der Waals surface area contributed by atoms with Crippen molar-refractivity contribution in [1.82, 2.24) is 14.9 Å². The van der Waals surface area contributed by atoms with E-state index in [1.807, 2.05) is 35.0 Å². The topological polar surface area (TPSA) is 93.5 Å². The maximum absolute atomic E-state index is 12.7. The summed E-state index contributed by atoms with van der Waals surface area (Å²) in [6.45, 7) is 0.160. The number of ether oxygens (including phenoxy) is 1. The molecule has 10 heteroatoms. The van der Waals surface area contributed by atoms with Gasteiger partial charge in [0.15, 0.2) is 6.10 Å². The van der Waals surface area contributed by atoms with Gasteiger partial charge in [-0.05, 0) is 35.9 Å². The Balaban J connectivity index is 1.45. The number of fused-ring (bicyclic) bond motifs is 1. The number of hydrogen-bond donors (Lipinski definition) is 1. The van der Waals surface area contributed by atoms with Crippen molar-refractivity contribution in [2.45, 2.75) is 12.6 Å². The standard InChI is InChI=1S/C20H19ClN4O4S/c1-30(27,28)25-12-19(29-18-7-4-15(21)10-17(18)25)20(26)23-11-14-2-5-16(6-3-14)24-9-8-22-13-24/h2-10,13,19H,11-12H2,1H3,(H,23,26)/t19-/m1/s1. The fourth-order valence-corrected chi connectivity index (χ4v) is 4.25. The summed E-state index contributed by atoms with van der Waals surface area (Å²) in [6.07, 6.45) is 5.36. The van der Waals surface area contributed by atoms with Gasteiger partial charge in [0.25, 0.3) is 5.91 Å². The zero-order valence-electron chi connectivity index (χ0n) is 16.0. The Kier molecular flexibility index (Phi) is 5.40. The first-order chi connectivity index (χ1) is 14.3. The minimum absolute atomic E-state index is 0.127. The molecule has 4 rings (SSSR count).